The normalized spacial score (nSPS) is 10.3. The maximum absolute atomic E-state index is 5.96. The summed E-state index contributed by atoms with van der Waals surface area (Å²) < 4.78 is 5.05. The summed E-state index contributed by atoms with van der Waals surface area (Å²) in [7, 11) is 1.97. The summed E-state index contributed by atoms with van der Waals surface area (Å²) in [5.74, 6) is 0. The second kappa shape index (κ2) is 5.42. The first-order valence-corrected chi connectivity index (χ1v) is 6.18. The highest BCUT2D eigenvalue weighted by Crippen LogP contribution is 2.24. The lowest BCUT2D eigenvalue weighted by Gasteiger charge is -2.21. The molecule has 0 bridgehead atoms. The summed E-state index contributed by atoms with van der Waals surface area (Å²) in [4.78, 5) is 2.39. The number of rotatable bonds is 4. The van der Waals surface area contributed by atoms with Crippen LogP contribution in [-0.4, -0.2) is 12.0 Å². The number of thiocarbonyl (C=S) groups is 1. The largest absolute Gasteiger partial charge is 0.472 e. The Hall–Kier alpha value is -1.52. The van der Waals surface area contributed by atoms with Crippen molar-refractivity contribution in [1.82, 2.24) is 0 Å². The number of anilines is 1. The van der Waals surface area contributed by atoms with Crippen molar-refractivity contribution in [1.29, 1.82) is 0 Å². The Balaban J connectivity index is 2.29. The molecule has 0 amide bonds. The Morgan fingerprint density at radius 1 is 1.44 bits per heavy atom. The third kappa shape index (κ3) is 2.83. The number of furan rings is 1. The van der Waals surface area contributed by atoms with Crippen molar-refractivity contribution >= 4 is 34.5 Å². The summed E-state index contributed by atoms with van der Waals surface area (Å²) >= 11 is 11.0. The average Bonchev–Trinajstić information content (AvgIpc) is 2.81. The van der Waals surface area contributed by atoms with Crippen LogP contribution in [0.1, 0.15) is 11.1 Å². The summed E-state index contributed by atoms with van der Waals surface area (Å²) in [5.41, 5.74) is 8.54. The predicted molar refractivity (Wildman–Crippen MR) is 78.2 cm³/mol. The fourth-order valence-corrected chi connectivity index (χ4v) is 2.12. The quantitative estimate of drug-likeness (QED) is 0.874. The van der Waals surface area contributed by atoms with Gasteiger partial charge in [-0.3, -0.25) is 0 Å². The van der Waals surface area contributed by atoms with Gasteiger partial charge in [-0.2, -0.15) is 0 Å². The monoisotopic (exact) mass is 280 g/mol. The fourth-order valence-electron chi connectivity index (χ4n) is 1.78. The van der Waals surface area contributed by atoms with Crippen LogP contribution in [0.2, 0.25) is 5.02 Å². The lowest BCUT2D eigenvalue weighted by atomic mass is 10.1. The van der Waals surface area contributed by atoms with Crippen molar-refractivity contribution in [2.75, 3.05) is 11.9 Å². The molecule has 0 aliphatic heterocycles. The summed E-state index contributed by atoms with van der Waals surface area (Å²) in [6.07, 6.45) is 3.37. The molecule has 0 atom stereocenters. The van der Waals surface area contributed by atoms with E-state index in [0.29, 0.717) is 16.6 Å². The van der Waals surface area contributed by atoms with Crippen molar-refractivity contribution in [3.8, 4) is 0 Å². The van der Waals surface area contributed by atoms with E-state index in [1.165, 1.54) is 0 Å². The molecule has 0 saturated carbocycles. The van der Waals surface area contributed by atoms with Crippen LogP contribution in [0.15, 0.2) is 41.2 Å². The van der Waals surface area contributed by atoms with Gasteiger partial charge in [0.05, 0.1) is 12.5 Å². The van der Waals surface area contributed by atoms with E-state index >= 15 is 0 Å². The van der Waals surface area contributed by atoms with E-state index in [9.17, 15) is 0 Å². The molecule has 94 valence electrons. The maximum Gasteiger partial charge on any atom is 0.106 e. The van der Waals surface area contributed by atoms with Gasteiger partial charge in [-0.05, 0) is 24.3 Å². The van der Waals surface area contributed by atoms with Gasteiger partial charge in [0.15, 0.2) is 0 Å². The summed E-state index contributed by atoms with van der Waals surface area (Å²) in [5, 5.41) is 0.623. The zero-order valence-corrected chi connectivity index (χ0v) is 11.5. The first-order valence-electron chi connectivity index (χ1n) is 5.39. The highest BCUT2D eigenvalue weighted by Gasteiger charge is 2.11. The predicted octanol–water partition coefficient (Wildman–Crippen LogP) is 3.20. The van der Waals surface area contributed by atoms with Crippen molar-refractivity contribution in [2.45, 2.75) is 6.54 Å². The topological polar surface area (TPSA) is 42.4 Å². The molecule has 0 radical (unpaired) electrons. The van der Waals surface area contributed by atoms with Crippen LogP contribution in [0.4, 0.5) is 5.69 Å². The van der Waals surface area contributed by atoms with Gasteiger partial charge in [-0.15, -0.1) is 0 Å². The van der Waals surface area contributed by atoms with E-state index in [1.54, 1.807) is 18.6 Å². The van der Waals surface area contributed by atoms with Gasteiger partial charge in [0.1, 0.15) is 4.99 Å². The van der Waals surface area contributed by atoms with Gasteiger partial charge >= 0.3 is 0 Å². The van der Waals surface area contributed by atoms with Crippen LogP contribution in [0.3, 0.4) is 0 Å². The van der Waals surface area contributed by atoms with Crippen molar-refractivity contribution in [3.63, 3.8) is 0 Å². The smallest absolute Gasteiger partial charge is 0.106 e. The number of hydrogen-bond acceptors (Lipinski definition) is 3. The third-order valence-electron chi connectivity index (χ3n) is 2.64. The van der Waals surface area contributed by atoms with E-state index in [1.807, 2.05) is 25.2 Å². The number of nitrogens with zero attached hydrogens (tertiary/aromatic N) is 1. The molecule has 2 rings (SSSR count). The second-order valence-electron chi connectivity index (χ2n) is 4.01. The number of halogens is 1. The summed E-state index contributed by atoms with van der Waals surface area (Å²) in [6.45, 7) is 0.716. The van der Waals surface area contributed by atoms with Crippen molar-refractivity contribution in [2.24, 2.45) is 5.73 Å². The molecule has 3 nitrogen and oxygen atoms in total. The van der Waals surface area contributed by atoms with E-state index in [2.05, 4.69) is 4.90 Å². The average molecular weight is 281 g/mol. The Labute approximate surface area is 116 Å². The van der Waals surface area contributed by atoms with Crippen LogP contribution in [0.5, 0.6) is 0 Å². The SMILES string of the molecule is CN(Cc1ccoc1)c1ccc(Cl)cc1C(N)=S. The highest BCUT2D eigenvalue weighted by atomic mass is 35.5. The standard InChI is InChI=1S/C13H13ClN2OS/c1-16(7-9-4-5-17-8-9)12-3-2-10(14)6-11(12)13(15)18/h2-6,8H,7H2,1H3,(H2,15,18). The third-order valence-corrected chi connectivity index (χ3v) is 3.09. The zero-order valence-electron chi connectivity index (χ0n) is 9.89. The lowest BCUT2D eigenvalue weighted by molar-refractivity contribution is 0.563. The van der Waals surface area contributed by atoms with Gasteiger partial charge in [-0.25, -0.2) is 0 Å². The van der Waals surface area contributed by atoms with Crippen LogP contribution in [0, 0.1) is 0 Å². The van der Waals surface area contributed by atoms with Crippen LogP contribution >= 0.6 is 23.8 Å². The van der Waals surface area contributed by atoms with Gasteiger partial charge in [0, 0.05) is 35.4 Å². The van der Waals surface area contributed by atoms with Crippen molar-refractivity contribution < 1.29 is 4.42 Å². The van der Waals surface area contributed by atoms with Gasteiger partial charge in [-0.1, -0.05) is 23.8 Å². The number of nitrogens with two attached hydrogens (primary N) is 1. The molecular weight excluding hydrogens is 268 g/mol. The van der Waals surface area contributed by atoms with Crippen LogP contribution < -0.4 is 10.6 Å². The fraction of sp³-hybridized carbons (Fsp3) is 0.154. The molecule has 0 aliphatic carbocycles. The maximum atomic E-state index is 5.96. The number of benzene rings is 1. The Morgan fingerprint density at radius 3 is 2.83 bits per heavy atom. The highest BCUT2D eigenvalue weighted by molar-refractivity contribution is 7.80. The minimum absolute atomic E-state index is 0.339. The Bertz CT molecular complexity index is 554. The molecule has 0 aliphatic rings. The molecule has 0 unspecified atom stereocenters. The van der Waals surface area contributed by atoms with Crippen LogP contribution in [0.25, 0.3) is 0 Å². The van der Waals surface area contributed by atoms with E-state index in [-0.39, 0.29) is 0 Å². The first kappa shape index (κ1) is 12.9. The van der Waals surface area contributed by atoms with Crippen molar-refractivity contribution in [3.05, 3.63) is 52.9 Å². The van der Waals surface area contributed by atoms with E-state index in [0.717, 1.165) is 16.8 Å². The minimum Gasteiger partial charge on any atom is -0.472 e. The minimum atomic E-state index is 0.339. The summed E-state index contributed by atoms with van der Waals surface area (Å²) in [6, 6.07) is 7.44. The lowest BCUT2D eigenvalue weighted by Crippen LogP contribution is -2.21. The molecule has 0 spiro atoms. The second-order valence-corrected chi connectivity index (χ2v) is 4.89. The molecule has 1 aromatic heterocycles. The Kier molecular flexibility index (Phi) is 3.89. The molecule has 2 N–H and O–H groups in total. The zero-order chi connectivity index (χ0) is 13.1. The first-order chi connectivity index (χ1) is 8.58. The van der Waals surface area contributed by atoms with E-state index < -0.39 is 0 Å². The Morgan fingerprint density at radius 2 is 2.22 bits per heavy atom. The molecule has 5 heteroatoms. The molecule has 0 saturated heterocycles. The molecule has 2 aromatic rings. The molecule has 1 heterocycles. The van der Waals surface area contributed by atoms with Gasteiger partial charge < -0.3 is 15.1 Å². The van der Waals surface area contributed by atoms with Gasteiger partial charge in [0.25, 0.3) is 0 Å². The van der Waals surface area contributed by atoms with Gasteiger partial charge in [0.2, 0.25) is 0 Å². The van der Waals surface area contributed by atoms with E-state index in [4.69, 9.17) is 34.0 Å². The molecule has 1 aromatic carbocycles. The molecule has 18 heavy (non-hydrogen) atoms. The molecular formula is C13H13ClN2OS. The molecule has 0 fully saturated rings. The van der Waals surface area contributed by atoms with Crippen LogP contribution in [-0.2, 0) is 6.54 Å². The number of hydrogen-bond donors (Lipinski definition) is 1.